The van der Waals surface area contributed by atoms with E-state index in [2.05, 4.69) is 132 Å². The molecular weight excluding hydrogens is 1370 g/mol. The number of morpholine rings is 1. The summed E-state index contributed by atoms with van der Waals surface area (Å²) in [5.74, 6) is 7.35. The largest absolute Gasteiger partial charge is 0.489 e. The fourth-order valence-corrected chi connectivity index (χ4v) is 13.6. The summed E-state index contributed by atoms with van der Waals surface area (Å²) in [6.45, 7) is 13.9. The standard InChI is InChI=1S/C29H28N4O4.C27H29N7O2.C26H27N7O2/c1-2-20-18-23(4-6-26(20)36-24-8-13-34-14-9-24)32-28-7-12-31-29(33-28)21-3-5-27(22(17-21)19-30)37-25-10-15-35-16-11-25;28-14-20-13-19(1-6-25(20)34-15-24(35)16-34)27-29-8-7-26(31-27)30-21-2-4-22(5-3-21)32-9-11-33(12-10-32)23-17-36-18-23;27-17-19-16-18(3-8-22(19)31-26(34)23-2-1-10-28-23)25-29-11-9-24(32-25)30-20-4-6-21(7-5-20)33-12-14-35-15-13-33/h1,3-7,12,17-18,24-25H,8-11,13-16H2,(H,31,32,33);1-8,13,23-24,35H,9-12,15-18H2,(H,29,30,31);3-9,11,16,23,28H,1-2,10,12-15H2,(H,31,34)(H,29,30,32)/t;;23-/m..0/s1. The molecule has 16 rings (SSSR count). The molecule has 1 atom stereocenters. The molecule has 550 valence electrons. The fraction of sp³-hybridized carbons (Fsp3) is 0.341. The summed E-state index contributed by atoms with van der Waals surface area (Å²) in [4.78, 5) is 48.9. The zero-order chi connectivity index (χ0) is 74.0. The second-order valence-electron chi connectivity index (χ2n) is 27.0. The van der Waals surface area contributed by atoms with E-state index >= 15 is 0 Å². The van der Waals surface area contributed by atoms with E-state index in [0.29, 0.717) is 125 Å². The van der Waals surface area contributed by atoms with Gasteiger partial charge in [-0.3, -0.25) is 9.69 Å². The van der Waals surface area contributed by atoms with Gasteiger partial charge in [-0.05, 0) is 159 Å². The van der Waals surface area contributed by atoms with E-state index in [1.165, 1.54) is 11.4 Å². The minimum Gasteiger partial charge on any atom is -0.489 e. The molecule has 0 saturated carbocycles. The summed E-state index contributed by atoms with van der Waals surface area (Å²) in [5, 5.41) is 54.6. The van der Waals surface area contributed by atoms with Crippen LogP contribution >= 0.6 is 0 Å². The minimum atomic E-state index is -0.325. The van der Waals surface area contributed by atoms with Gasteiger partial charge in [-0.2, -0.15) is 15.8 Å². The molecule has 10 heterocycles. The molecule has 0 aliphatic carbocycles. The lowest BCUT2D eigenvalue weighted by atomic mass is 10.0. The molecule has 26 heteroatoms. The second-order valence-corrected chi connectivity index (χ2v) is 27.0. The van der Waals surface area contributed by atoms with Crippen molar-refractivity contribution < 1.29 is 38.3 Å². The zero-order valence-corrected chi connectivity index (χ0v) is 59.9. The van der Waals surface area contributed by atoms with Crippen molar-refractivity contribution in [3.05, 3.63) is 180 Å². The van der Waals surface area contributed by atoms with E-state index < -0.39 is 0 Å². The van der Waals surface area contributed by atoms with Crippen LogP contribution in [-0.2, 0) is 23.7 Å². The summed E-state index contributed by atoms with van der Waals surface area (Å²) in [7, 11) is 0. The monoisotopic (exact) mass is 1450 g/mol. The number of piperazine rings is 1. The Morgan fingerprint density at radius 2 is 0.991 bits per heavy atom. The van der Waals surface area contributed by atoms with Crippen LogP contribution < -0.4 is 50.8 Å². The van der Waals surface area contributed by atoms with Crippen molar-refractivity contribution in [1.29, 1.82) is 15.8 Å². The highest BCUT2D eigenvalue weighted by Gasteiger charge is 2.31. The van der Waals surface area contributed by atoms with Gasteiger partial charge in [0.05, 0.1) is 105 Å². The Kier molecular flexibility index (Phi) is 24.0. The van der Waals surface area contributed by atoms with Crippen molar-refractivity contribution in [3.63, 3.8) is 0 Å². The predicted octanol–water partition coefficient (Wildman–Crippen LogP) is 10.6. The van der Waals surface area contributed by atoms with Crippen LogP contribution in [0.25, 0.3) is 34.2 Å². The summed E-state index contributed by atoms with van der Waals surface area (Å²) in [6, 6.07) is 51.1. The van der Waals surface area contributed by atoms with Gasteiger partial charge in [0.2, 0.25) is 5.91 Å². The van der Waals surface area contributed by atoms with Crippen molar-refractivity contribution in [1.82, 2.24) is 40.1 Å². The van der Waals surface area contributed by atoms with Crippen LogP contribution in [0.1, 0.15) is 60.8 Å². The van der Waals surface area contributed by atoms with Crippen molar-refractivity contribution >= 4 is 63.2 Å². The Hall–Kier alpha value is -11.8. The first-order chi connectivity index (χ1) is 53.1. The average molecular weight is 1450 g/mol. The van der Waals surface area contributed by atoms with Gasteiger partial charge in [0, 0.05) is 142 Å². The van der Waals surface area contributed by atoms with Crippen LogP contribution in [0.15, 0.2) is 158 Å². The number of β-amino-alcohol motifs (C(OH)–C–C–N with tert-alkyl or cyclic N) is 1. The van der Waals surface area contributed by atoms with Crippen LogP contribution in [0.5, 0.6) is 11.5 Å². The Morgan fingerprint density at radius 1 is 0.509 bits per heavy atom. The molecule has 7 aliphatic rings. The summed E-state index contributed by atoms with van der Waals surface area (Å²) < 4.78 is 33.7. The van der Waals surface area contributed by atoms with E-state index in [9.17, 15) is 25.7 Å². The van der Waals surface area contributed by atoms with E-state index in [4.69, 9.17) is 34.8 Å². The number of amides is 1. The average Bonchev–Trinajstić information content (AvgIpc) is 0.811. The number of aliphatic hydroxyl groups excluding tert-OH is 1. The molecule has 1 amide bonds. The van der Waals surface area contributed by atoms with Crippen molar-refractivity contribution in [2.75, 3.05) is 148 Å². The second kappa shape index (κ2) is 35.5. The van der Waals surface area contributed by atoms with Gasteiger partial charge in [-0.15, -0.1) is 6.42 Å². The van der Waals surface area contributed by atoms with Crippen molar-refractivity contribution in [2.24, 2.45) is 0 Å². The lowest BCUT2D eigenvalue weighted by Crippen LogP contribution is -2.56. The van der Waals surface area contributed by atoms with Gasteiger partial charge in [0.1, 0.15) is 59.4 Å². The highest BCUT2D eigenvalue weighted by atomic mass is 16.5. The number of hydrogen-bond donors (Lipinski definition) is 6. The molecule has 0 spiro atoms. The Morgan fingerprint density at radius 3 is 1.50 bits per heavy atom. The minimum absolute atomic E-state index is 0.0526. The van der Waals surface area contributed by atoms with E-state index in [-0.39, 0.29) is 30.3 Å². The number of carbonyl (C=O) groups is 1. The topological polar surface area (TPSA) is 314 Å². The number of rotatable bonds is 19. The highest BCUT2D eigenvalue weighted by molar-refractivity contribution is 5.96. The van der Waals surface area contributed by atoms with E-state index in [0.717, 1.165) is 145 Å². The number of hydrogen-bond acceptors (Lipinski definition) is 25. The molecule has 0 radical (unpaired) electrons. The molecule has 7 saturated heterocycles. The number of ether oxygens (including phenoxy) is 6. The number of carbonyl (C=O) groups excluding carboxylic acids is 1. The normalized spacial score (nSPS) is 17.6. The maximum absolute atomic E-state index is 12.4. The first-order valence-corrected chi connectivity index (χ1v) is 36.7. The number of aromatic nitrogens is 6. The fourth-order valence-electron chi connectivity index (χ4n) is 13.6. The number of anilines is 10. The van der Waals surface area contributed by atoms with Crippen molar-refractivity contribution in [3.8, 4) is 76.2 Å². The quantitative estimate of drug-likeness (QED) is 0.0410. The molecule has 7 fully saturated rings. The van der Waals surface area contributed by atoms with Crippen LogP contribution in [0.3, 0.4) is 0 Å². The van der Waals surface area contributed by atoms with Crippen LogP contribution in [0.2, 0.25) is 0 Å². The number of aliphatic hydroxyl groups is 1. The maximum Gasteiger partial charge on any atom is 0.241 e. The number of terminal acetylenes is 1. The van der Waals surface area contributed by atoms with Gasteiger partial charge < -0.3 is 74.8 Å². The summed E-state index contributed by atoms with van der Waals surface area (Å²) in [6.07, 6.45) is 15.8. The van der Waals surface area contributed by atoms with E-state index in [1.54, 1.807) is 48.9 Å². The number of benzene rings is 6. The number of nitriles is 3. The van der Waals surface area contributed by atoms with Gasteiger partial charge in [0.25, 0.3) is 0 Å². The highest BCUT2D eigenvalue weighted by Crippen LogP contribution is 2.34. The smallest absolute Gasteiger partial charge is 0.241 e. The molecule has 0 unspecified atom stereocenters. The molecule has 108 heavy (non-hydrogen) atoms. The predicted molar refractivity (Wildman–Crippen MR) is 412 cm³/mol. The lowest BCUT2D eigenvalue weighted by molar-refractivity contribution is -0.117. The molecule has 3 aromatic heterocycles. The van der Waals surface area contributed by atoms with Crippen LogP contribution in [0, 0.1) is 46.3 Å². The van der Waals surface area contributed by atoms with Gasteiger partial charge >= 0.3 is 0 Å². The first-order valence-electron chi connectivity index (χ1n) is 36.7. The van der Waals surface area contributed by atoms with E-state index in [1.807, 2.05) is 77.7 Å². The van der Waals surface area contributed by atoms with Crippen LogP contribution in [-0.4, -0.2) is 188 Å². The number of nitrogens with one attached hydrogen (secondary N) is 5. The Balaban J connectivity index is 0.000000136. The molecule has 6 aromatic carbocycles. The molecule has 26 nitrogen and oxygen atoms in total. The molecule has 9 aromatic rings. The first kappa shape index (κ1) is 73.1. The third-order valence-electron chi connectivity index (χ3n) is 19.7. The summed E-state index contributed by atoms with van der Waals surface area (Å²) in [5.41, 5.74) is 10.6. The zero-order valence-electron chi connectivity index (χ0n) is 59.9. The Bertz CT molecular complexity index is 4750. The van der Waals surface area contributed by atoms with Gasteiger partial charge in [0.15, 0.2) is 17.5 Å². The van der Waals surface area contributed by atoms with Gasteiger partial charge in [-0.25, -0.2) is 29.9 Å². The third-order valence-corrected chi connectivity index (χ3v) is 19.7. The molecule has 6 N–H and O–H groups in total. The molecule has 0 bridgehead atoms. The van der Waals surface area contributed by atoms with Crippen LogP contribution in [0.4, 0.5) is 57.3 Å². The molecule has 7 aliphatic heterocycles. The third kappa shape index (κ3) is 18.7. The number of nitrogens with zero attached hydrogens (tertiary/aromatic N) is 13. The maximum atomic E-state index is 12.4. The summed E-state index contributed by atoms with van der Waals surface area (Å²) >= 11 is 0. The lowest BCUT2D eigenvalue weighted by Gasteiger charge is -2.43. The molecular formula is C82H84N18O8. The van der Waals surface area contributed by atoms with Gasteiger partial charge in [-0.1, -0.05) is 5.92 Å². The SMILES string of the molecule is C#Cc1cc(Nc2ccnc(-c3ccc(OC4CCOCC4)c(C#N)c3)n2)ccc1OC1CCOCC1.N#Cc1cc(-c2nccc(Nc3ccc(N4CCN(C5COC5)CC4)cc3)n2)ccc1N1CC(O)C1.N#Cc1cc(-c2nccc(Nc3ccc(N4CCOCC4)cc3)n2)ccc1NC(=O)[C@@H]1CCCN1. The Labute approximate surface area is 627 Å². The van der Waals surface area contributed by atoms with Crippen molar-refractivity contribution in [2.45, 2.75) is 68.9 Å².